The molecule has 0 radical (unpaired) electrons. The van der Waals surface area contributed by atoms with Crippen LogP contribution in [-0.2, 0) is 9.53 Å². The number of carbonyl (C=O) groups excluding carboxylic acids is 2. The van der Waals surface area contributed by atoms with Crippen LogP contribution in [0.4, 0.5) is 4.79 Å². The molecular formula is C6H8Cl2N2O3. The lowest BCUT2D eigenvalue weighted by atomic mass is 10.1. The summed E-state index contributed by atoms with van der Waals surface area (Å²) in [5, 5.41) is 4.23. The van der Waals surface area contributed by atoms with Crippen molar-refractivity contribution < 1.29 is 14.3 Å². The normalized spacial score (nSPS) is 32.3. The van der Waals surface area contributed by atoms with E-state index in [2.05, 4.69) is 5.32 Å². The number of methoxy groups -OCH3 is 1. The van der Waals surface area contributed by atoms with Gasteiger partial charge in [-0.25, -0.2) is 4.79 Å². The Hall–Kier alpha value is -0.520. The van der Waals surface area contributed by atoms with E-state index in [-0.39, 0.29) is 0 Å². The summed E-state index contributed by atoms with van der Waals surface area (Å²) in [7, 11) is 1.29. The van der Waals surface area contributed by atoms with Gasteiger partial charge in [-0.05, 0) is 6.92 Å². The molecule has 1 fully saturated rings. The van der Waals surface area contributed by atoms with Crippen molar-refractivity contribution in [1.29, 1.82) is 0 Å². The van der Waals surface area contributed by atoms with E-state index in [1.54, 1.807) is 0 Å². The van der Waals surface area contributed by atoms with E-state index in [0.717, 1.165) is 0 Å². The van der Waals surface area contributed by atoms with Crippen LogP contribution in [0.5, 0.6) is 0 Å². The minimum Gasteiger partial charge on any atom is -0.355 e. The fourth-order valence-corrected chi connectivity index (χ4v) is 1.25. The standard InChI is InChI=1S/C6H8Cl2N2O3/c1-5(13-2)6(7,8)3(11)9-4(12)10-5/h1-2H3,(H2,9,10,11,12). The molecule has 7 heteroatoms. The van der Waals surface area contributed by atoms with Crippen molar-refractivity contribution in [3.63, 3.8) is 0 Å². The summed E-state index contributed by atoms with van der Waals surface area (Å²) in [4.78, 5) is 22.1. The summed E-state index contributed by atoms with van der Waals surface area (Å²) in [6.45, 7) is 1.41. The first kappa shape index (κ1) is 10.6. The van der Waals surface area contributed by atoms with Gasteiger partial charge < -0.3 is 10.1 Å². The van der Waals surface area contributed by atoms with Crippen LogP contribution in [0.2, 0.25) is 0 Å². The molecule has 1 heterocycles. The summed E-state index contributed by atoms with van der Waals surface area (Å²) in [5.41, 5.74) is -1.42. The minimum atomic E-state index is -1.84. The molecular weight excluding hydrogens is 219 g/mol. The number of rotatable bonds is 1. The summed E-state index contributed by atoms with van der Waals surface area (Å²) in [6.07, 6.45) is 0. The lowest BCUT2D eigenvalue weighted by molar-refractivity contribution is -0.131. The number of alkyl halides is 2. The van der Waals surface area contributed by atoms with Gasteiger partial charge in [0.2, 0.25) is 4.33 Å². The van der Waals surface area contributed by atoms with Crippen LogP contribution in [0.3, 0.4) is 0 Å². The van der Waals surface area contributed by atoms with Crippen LogP contribution in [0.1, 0.15) is 6.92 Å². The van der Waals surface area contributed by atoms with Crippen molar-refractivity contribution in [2.75, 3.05) is 7.11 Å². The van der Waals surface area contributed by atoms with Crippen molar-refractivity contribution in [1.82, 2.24) is 10.6 Å². The average molecular weight is 227 g/mol. The number of urea groups is 1. The van der Waals surface area contributed by atoms with Gasteiger partial charge in [0.25, 0.3) is 5.91 Å². The number of ether oxygens (including phenoxy) is 1. The topological polar surface area (TPSA) is 67.4 Å². The Bertz CT molecular complexity index is 269. The highest BCUT2D eigenvalue weighted by Crippen LogP contribution is 2.36. The Morgan fingerprint density at radius 3 is 2.38 bits per heavy atom. The van der Waals surface area contributed by atoms with E-state index in [0.29, 0.717) is 0 Å². The number of hydrogen-bond donors (Lipinski definition) is 2. The quantitative estimate of drug-likeness (QED) is 0.635. The number of halogens is 2. The maximum atomic E-state index is 11.2. The first-order valence-electron chi connectivity index (χ1n) is 3.40. The highest BCUT2D eigenvalue weighted by atomic mass is 35.5. The van der Waals surface area contributed by atoms with Crippen molar-refractivity contribution in [3.05, 3.63) is 0 Å². The number of amides is 3. The van der Waals surface area contributed by atoms with Gasteiger partial charge in [0.05, 0.1) is 0 Å². The van der Waals surface area contributed by atoms with Crippen LogP contribution in [0.25, 0.3) is 0 Å². The Kier molecular flexibility index (Phi) is 2.44. The zero-order valence-corrected chi connectivity index (χ0v) is 8.49. The SMILES string of the molecule is COC1(C)NC(=O)NC(=O)C1(Cl)Cl. The van der Waals surface area contributed by atoms with Crippen molar-refractivity contribution in [3.8, 4) is 0 Å². The van der Waals surface area contributed by atoms with Crippen molar-refractivity contribution >= 4 is 35.1 Å². The van der Waals surface area contributed by atoms with Gasteiger partial charge in [0.15, 0.2) is 5.72 Å². The largest absolute Gasteiger partial charge is 0.355 e. The van der Waals surface area contributed by atoms with E-state index in [1.165, 1.54) is 14.0 Å². The molecule has 0 aromatic heterocycles. The monoisotopic (exact) mass is 226 g/mol. The number of carbonyl (C=O) groups is 2. The lowest BCUT2D eigenvalue weighted by Gasteiger charge is -2.41. The molecule has 5 nitrogen and oxygen atoms in total. The van der Waals surface area contributed by atoms with E-state index in [4.69, 9.17) is 27.9 Å². The molecule has 0 aromatic carbocycles. The molecule has 0 saturated carbocycles. The Morgan fingerprint density at radius 1 is 1.38 bits per heavy atom. The van der Waals surface area contributed by atoms with Gasteiger partial charge in [-0.3, -0.25) is 10.1 Å². The van der Waals surface area contributed by atoms with Gasteiger partial charge in [-0.2, -0.15) is 0 Å². The number of imide groups is 1. The maximum Gasteiger partial charge on any atom is 0.323 e. The molecule has 1 aliphatic heterocycles. The van der Waals surface area contributed by atoms with Gasteiger partial charge >= 0.3 is 6.03 Å². The van der Waals surface area contributed by atoms with Crippen molar-refractivity contribution in [2.24, 2.45) is 0 Å². The zero-order chi connectivity index (χ0) is 10.3. The summed E-state index contributed by atoms with van der Waals surface area (Å²) in [5.74, 6) is -0.802. The predicted molar refractivity (Wildman–Crippen MR) is 46.5 cm³/mol. The predicted octanol–water partition coefficient (Wildman–Crippen LogP) is 0.362. The van der Waals surface area contributed by atoms with Gasteiger partial charge in [-0.1, -0.05) is 23.2 Å². The third-order valence-corrected chi connectivity index (χ3v) is 2.94. The number of hydrogen-bond acceptors (Lipinski definition) is 3. The van der Waals surface area contributed by atoms with E-state index in [9.17, 15) is 9.59 Å². The Labute approximate surface area is 84.7 Å². The first-order chi connectivity index (χ1) is 5.83. The van der Waals surface area contributed by atoms with Gasteiger partial charge in [-0.15, -0.1) is 0 Å². The molecule has 74 valence electrons. The Balaban J connectivity index is 3.05. The van der Waals surface area contributed by atoms with Gasteiger partial charge in [0, 0.05) is 7.11 Å². The molecule has 1 unspecified atom stereocenters. The Morgan fingerprint density at radius 2 is 1.92 bits per heavy atom. The average Bonchev–Trinajstić information content (AvgIpc) is 2.01. The second-order valence-electron chi connectivity index (χ2n) is 2.72. The van der Waals surface area contributed by atoms with Crippen LogP contribution in [0.15, 0.2) is 0 Å². The highest BCUT2D eigenvalue weighted by molar-refractivity contribution is 6.60. The maximum absolute atomic E-state index is 11.2. The van der Waals surface area contributed by atoms with Crippen LogP contribution < -0.4 is 10.6 Å². The van der Waals surface area contributed by atoms with Crippen LogP contribution in [0, 0.1) is 0 Å². The second-order valence-corrected chi connectivity index (χ2v) is 4.05. The van der Waals surface area contributed by atoms with Crippen LogP contribution in [-0.4, -0.2) is 29.1 Å². The fraction of sp³-hybridized carbons (Fsp3) is 0.667. The molecule has 1 atom stereocenters. The summed E-state index contributed by atoms with van der Waals surface area (Å²) in [6, 6.07) is -0.689. The van der Waals surface area contributed by atoms with E-state index in [1.807, 2.05) is 5.32 Å². The van der Waals surface area contributed by atoms with Crippen LogP contribution >= 0.6 is 23.2 Å². The third-order valence-electron chi connectivity index (χ3n) is 1.87. The zero-order valence-electron chi connectivity index (χ0n) is 6.98. The molecule has 2 N–H and O–H groups in total. The van der Waals surface area contributed by atoms with E-state index >= 15 is 0 Å². The van der Waals surface area contributed by atoms with E-state index < -0.39 is 22.0 Å². The van der Waals surface area contributed by atoms with Crippen molar-refractivity contribution in [2.45, 2.75) is 17.0 Å². The third kappa shape index (κ3) is 1.47. The molecule has 1 aliphatic rings. The minimum absolute atomic E-state index is 0.689. The second kappa shape index (κ2) is 3.01. The molecule has 1 saturated heterocycles. The first-order valence-corrected chi connectivity index (χ1v) is 4.15. The molecule has 0 bridgehead atoms. The molecule has 1 rings (SSSR count). The highest BCUT2D eigenvalue weighted by Gasteiger charge is 2.57. The smallest absolute Gasteiger partial charge is 0.323 e. The van der Waals surface area contributed by atoms with Gasteiger partial charge in [0.1, 0.15) is 0 Å². The molecule has 0 aromatic rings. The fourth-order valence-electron chi connectivity index (χ4n) is 0.904. The number of nitrogens with one attached hydrogen (secondary N) is 2. The molecule has 3 amide bonds. The summed E-state index contributed by atoms with van der Waals surface area (Å²) < 4.78 is 3.04. The molecule has 0 aliphatic carbocycles. The molecule has 0 spiro atoms. The molecule has 13 heavy (non-hydrogen) atoms. The lowest BCUT2D eigenvalue weighted by Crippen LogP contribution is -2.71. The summed E-state index contributed by atoms with van der Waals surface area (Å²) >= 11 is 11.4.